The molecule has 1 spiro atoms. The van der Waals surface area contributed by atoms with E-state index < -0.39 is 5.41 Å². The Bertz CT molecular complexity index is 3020. The number of rotatable bonds is 6. The van der Waals surface area contributed by atoms with Crippen molar-refractivity contribution in [2.75, 3.05) is 0 Å². The molecular formula is C56H38O2. The van der Waals surface area contributed by atoms with E-state index in [0.717, 1.165) is 47.0 Å². The van der Waals surface area contributed by atoms with Gasteiger partial charge in [-0.1, -0.05) is 182 Å². The van der Waals surface area contributed by atoms with Crippen LogP contribution in [0.15, 0.2) is 200 Å². The zero-order valence-corrected chi connectivity index (χ0v) is 31.9. The van der Waals surface area contributed by atoms with E-state index in [9.17, 15) is 0 Å². The Balaban J connectivity index is 0.991. The van der Waals surface area contributed by atoms with Crippen molar-refractivity contribution < 1.29 is 9.47 Å². The summed E-state index contributed by atoms with van der Waals surface area (Å²) in [6.07, 6.45) is 1.85. The fourth-order valence-electron chi connectivity index (χ4n) is 10.3. The quantitative estimate of drug-likeness (QED) is 0.169. The lowest BCUT2D eigenvalue weighted by atomic mass is 9.70. The first kappa shape index (κ1) is 33.0. The third-order valence-corrected chi connectivity index (χ3v) is 12.8. The SMILES string of the molecule is c1ccc(CCC(c2ccc(-c3ccc4ccccc4c3)cc2)c2cccc3c2Oc2c(ccc4c2-c2ccccc2C42c4ccccc4-c4ccccc42)O3)cc1. The highest BCUT2D eigenvalue weighted by molar-refractivity contribution is 5.98. The summed E-state index contributed by atoms with van der Waals surface area (Å²) in [7, 11) is 0. The molecule has 0 amide bonds. The lowest BCUT2D eigenvalue weighted by molar-refractivity contribution is 0.355. The van der Waals surface area contributed by atoms with Crippen LogP contribution in [0.25, 0.3) is 44.2 Å². The molecule has 1 atom stereocenters. The molecular weight excluding hydrogens is 705 g/mol. The first-order valence-electron chi connectivity index (χ1n) is 20.3. The van der Waals surface area contributed by atoms with Gasteiger partial charge in [-0.15, -0.1) is 0 Å². The minimum atomic E-state index is -0.456. The molecule has 2 heteroatoms. The molecule has 2 nitrogen and oxygen atoms in total. The molecule has 1 heterocycles. The number of fused-ring (bicyclic) bond motifs is 14. The maximum absolute atomic E-state index is 7.35. The number of para-hydroxylation sites is 1. The van der Waals surface area contributed by atoms with Crippen molar-refractivity contribution in [3.8, 4) is 56.4 Å². The second-order valence-corrected chi connectivity index (χ2v) is 15.8. The zero-order valence-electron chi connectivity index (χ0n) is 31.9. The maximum atomic E-state index is 7.35. The van der Waals surface area contributed by atoms with Crippen LogP contribution in [-0.4, -0.2) is 0 Å². The van der Waals surface area contributed by atoms with Crippen molar-refractivity contribution in [2.45, 2.75) is 24.2 Å². The number of hydrogen-bond donors (Lipinski definition) is 0. The number of ether oxygens (including phenoxy) is 2. The highest BCUT2D eigenvalue weighted by Crippen LogP contribution is 2.66. The van der Waals surface area contributed by atoms with Crippen LogP contribution in [0.1, 0.15) is 51.3 Å². The predicted molar refractivity (Wildman–Crippen MR) is 235 cm³/mol. The van der Waals surface area contributed by atoms with E-state index in [1.165, 1.54) is 72.0 Å². The van der Waals surface area contributed by atoms with Crippen LogP contribution in [0.2, 0.25) is 0 Å². The molecule has 12 rings (SSSR count). The van der Waals surface area contributed by atoms with E-state index in [-0.39, 0.29) is 5.92 Å². The average molecular weight is 743 g/mol. The second-order valence-electron chi connectivity index (χ2n) is 15.8. The lowest BCUT2D eigenvalue weighted by Gasteiger charge is -2.31. The molecule has 9 aromatic rings. The average Bonchev–Trinajstić information content (AvgIpc) is 3.76. The first-order chi connectivity index (χ1) is 28.8. The Morgan fingerprint density at radius 1 is 0.414 bits per heavy atom. The summed E-state index contributed by atoms with van der Waals surface area (Å²) < 4.78 is 14.2. The number of benzene rings is 9. The van der Waals surface area contributed by atoms with E-state index in [0.29, 0.717) is 0 Å². The minimum absolute atomic E-state index is 0.0648. The molecule has 0 aromatic heterocycles. The molecule has 58 heavy (non-hydrogen) atoms. The molecule has 274 valence electrons. The fourth-order valence-corrected chi connectivity index (χ4v) is 10.3. The molecule has 0 radical (unpaired) electrons. The van der Waals surface area contributed by atoms with Gasteiger partial charge in [-0.05, 0) is 103 Å². The Hall–Kier alpha value is -7.16. The van der Waals surface area contributed by atoms with E-state index >= 15 is 0 Å². The summed E-state index contributed by atoms with van der Waals surface area (Å²) in [4.78, 5) is 0. The van der Waals surface area contributed by atoms with Crippen LogP contribution in [-0.2, 0) is 11.8 Å². The van der Waals surface area contributed by atoms with Crippen molar-refractivity contribution in [3.63, 3.8) is 0 Å². The van der Waals surface area contributed by atoms with Gasteiger partial charge in [0.05, 0.1) is 5.41 Å². The fraction of sp³-hybridized carbons (Fsp3) is 0.0714. The summed E-state index contributed by atoms with van der Waals surface area (Å²) >= 11 is 0. The van der Waals surface area contributed by atoms with E-state index in [4.69, 9.17) is 9.47 Å². The lowest BCUT2D eigenvalue weighted by Crippen LogP contribution is -2.25. The van der Waals surface area contributed by atoms with Gasteiger partial charge >= 0.3 is 0 Å². The first-order valence-corrected chi connectivity index (χ1v) is 20.3. The third kappa shape index (κ3) is 4.85. The van der Waals surface area contributed by atoms with Crippen molar-refractivity contribution >= 4 is 10.8 Å². The van der Waals surface area contributed by atoms with E-state index in [1.54, 1.807) is 0 Å². The third-order valence-electron chi connectivity index (χ3n) is 12.8. The minimum Gasteiger partial charge on any atom is -0.449 e. The molecule has 2 aliphatic carbocycles. The highest BCUT2D eigenvalue weighted by atomic mass is 16.6. The maximum Gasteiger partial charge on any atom is 0.178 e. The normalized spacial score (nSPS) is 14.0. The van der Waals surface area contributed by atoms with Gasteiger partial charge in [0.25, 0.3) is 0 Å². The Morgan fingerprint density at radius 2 is 1.03 bits per heavy atom. The van der Waals surface area contributed by atoms with Crippen LogP contribution in [0.3, 0.4) is 0 Å². The molecule has 0 bridgehead atoms. The topological polar surface area (TPSA) is 18.5 Å². The van der Waals surface area contributed by atoms with Crippen molar-refractivity contribution in [3.05, 3.63) is 239 Å². The van der Waals surface area contributed by atoms with Gasteiger partial charge in [-0.2, -0.15) is 0 Å². The van der Waals surface area contributed by atoms with Gasteiger partial charge in [0, 0.05) is 17.0 Å². The molecule has 0 N–H and O–H groups in total. The summed E-state index contributed by atoms with van der Waals surface area (Å²) in [5.74, 6) is 3.15. The summed E-state index contributed by atoms with van der Waals surface area (Å²) in [5, 5.41) is 2.50. The molecule has 0 saturated carbocycles. The van der Waals surface area contributed by atoms with Gasteiger partial charge in [0.1, 0.15) is 0 Å². The van der Waals surface area contributed by atoms with Crippen LogP contribution in [0.5, 0.6) is 23.0 Å². The van der Waals surface area contributed by atoms with E-state index in [1.807, 2.05) is 6.07 Å². The summed E-state index contributed by atoms with van der Waals surface area (Å²) in [5.41, 5.74) is 15.7. The van der Waals surface area contributed by atoms with Gasteiger partial charge in [0.15, 0.2) is 23.0 Å². The smallest absolute Gasteiger partial charge is 0.178 e. The van der Waals surface area contributed by atoms with Crippen LogP contribution in [0, 0.1) is 0 Å². The van der Waals surface area contributed by atoms with E-state index in [2.05, 4.69) is 194 Å². The monoisotopic (exact) mass is 742 g/mol. The Morgan fingerprint density at radius 3 is 1.79 bits per heavy atom. The zero-order chi connectivity index (χ0) is 38.2. The second kappa shape index (κ2) is 12.9. The van der Waals surface area contributed by atoms with Gasteiger partial charge in [0.2, 0.25) is 0 Å². The molecule has 0 fully saturated rings. The van der Waals surface area contributed by atoms with Crippen LogP contribution in [0.4, 0.5) is 0 Å². The van der Waals surface area contributed by atoms with Crippen LogP contribution >= 0.6 is 0 Å². The standard InChI is InChI=1S/C56H38O2/c1-2-13-36(14-3-1)25-32-42(39-29-26-38(27-30-39)41-31-28-37-15-4-5-16-40(37)35-41)45-20-12-24-51-54(45)58-55-52(57-51)34-33-50-53(55)46-19-8-11-23-49(46)56(50)47-21-9-6-17-43(47)44-18-7-10-22-48(44)56/h1-24,26-31,33-35,42H,25,32H2. The largest absolute Gasteiger partial charge is 0.449 e. The summed E-state index contributed by atoms with van der Waals surface area (Å²) in [6, 6.07) is 72.8. The van der Waals surface area contributed by atoms with Gasteiger partial charge < -0.3 is 9.47 Å². The van der Waals surface area contributed by atoms with Crippen LogP contribution < -0.4 is 9.47 Å². The van der Waals surface area contributed by atoms with Crippen molar-refractivity contribution in [2.24, 2.45) is 0 Å². The molecule has 1 unspecified atom stereocenters. The Kier molecular flexibility index (Phi) is 7.37. The molecule has 0 saturated heterocycles. The van der Waals surface area contributed by atoms with Gasteiger partial charge in [-0.3, -0.25) is 0 Å². The molecule has 1 aliphatic heterocycles. The number of hydrogen-bond acceptors (Lipinski definition) is 2. The van der Waals surface area contributed by atoms with Crippen molar-refractivity contribution in [1.82, 2.24) is 0 Å². The predicted octanol–water partition coefficient (Wildman–Crippen LogP) is 14.5. The number of aryl methyl sites for hydroxylation is 1. The molecule has 3 aliphatic rings. The molecule has 9 aromatic carbocycles. The summed E-state index contributed by atoms with van der Waals surface area (Å²) in [6.45, 7) is 0. The van der Waals surface area contributed by atoms with Gasteiger partial charge in [-0.25, -0.2) is 0 Å². The Labute approximate surface area is 338 Å². The highest BCUT2D eigenvalue weighted by Gasteiger charge is 2.53. The van der Waals surface area contributed by atoms with Crippen molar-refractivity contribution in [1.29, 1.82) is 0 Å².